The van der Waals surface area contributed by atoms with E-state index in [1.807, 2.05) is 6.07 Å². The minimum atomic E-state index is -0.413. The number of nitrogens with one attached hydrogen (secondary N) is 1. The van der Waals surface area contributed by atoms with Gasteiger partial charge in [-0.2, -0.15) is 0 Å². The number of hydrogen-bond donors (Lipinski definition) is 1. The molecule has 1 amide bonds. The molecular weight excluding hydrogens is 326 g/mol. The van der Waals surface area contributed by atoms with Crippen molar-refractivity contribution in [2.75, 3.05) is 26.9 Å². The molecule has 0 saturated heterocycles. The van der Waals surface area contributed by atoms with Gasteiger partial charge < -0.3 is 14.8 Å². The summed E-state index contributed by atoms with van der Waals surface area (Å²) in [5.74, 6) is -0.0897. The Labute approximate surface area is 147 Å². The molecule has 1 aromatic rings. The van der Waals surface area contributed by atoms with Gasteiger partial charge in [-0.3, -0.25) is 4.79 Å². The summed E-state index contributed by atoms with van der Waals surface area (Å²) in [5, 5.41) is 2.62. The predicted octanol–water partition coefficient (Wildman–Crippen LogP) is 2.82. The normalized spacial score (nSPS) is 17.2. The Morgan fingerprint density at radius 2 is 2.12 bits per heavy atom. The fourth-order valence-electron chi connectivity index (χ4n) is 2.91. The second-order valence-corrected chi connectivity index (χ2v) is 8.42. The molecular formula is C18H27NO4S. The van der Waals surface area contributed by atoms with Crippen molar-refractivity contribution in [2.24, 2.45) is 11.3 Å². The van der Waals surface area contributed by atoms with Crippen LogP contribution in [0.15, 0.2) is 6.07 Å². The van der Waals surface area contributed by atoms with Gasteiger partial charge in [0.25, 0.3) is 5.91 Å². The van der Waals surface area contributed by atoms with Gasteiger partial charge in [-0.1, -0.05) is 20.8 Å². The fraction of sp³-hybridized carbons (Fsp3) is 0.667. The van der Waals surface area contributed by atoms with Crippen molar-refractivity contribution in [3.8, 4) is 0 Å². The van der Waals surface area contributed by atoms with E-state index < -0.39 is 5.97 Å². The molecule has 0 aromatic carbocycles. The van der Waals surface area contributed by atoms with Crippen LogP contribution in [0.1, 0.15) is 47.3 Å². The Balaban J connectivity index is 1.89. The van der Waals surface area contributed by atoms with Gasteiger partial charge >= 0.3 is 5.97 Å². The average molecular weight is 353 g/mol. The van der Waals surface area contributed by atoms with E-state index in [0.717, 1.165) is 19.3 Å². The van der Waals surface area contributed by atoms with Crippen molar-refractivity contribution in [3.63, 3.8) is 0 Å². The minimum Gasteiger partial charge on any atom is -0.451 e. The molecule has 0 radical (unpaired) electrons. The number of aryl methyl sites for hydroxylation is 1. The quantitative estimate of drug-likeness (QED) is 0.631. The number of hydrogen-bond acceptors (Lipinski definition) is 5. The number of amides is 1. The molecule has 24 heavy (non-hydrogen) atoms. The highest BCUT2D eigenvalue weighted by molar-refractivity contribution is 7.14. The third kappa shape index (κ3) is 5.05. The molecule has 0 unspecified atom stereocenters. The van der Waals surface area contributed by atoms with Gasteiger partial charge in [-0.15, -0.1) is 11.3 Å². The van der Waals surface area contributed by atoms with Crippen LogP contribution in [0, 0.1) is 11.3 Å². The first kappa shape index (κ1) is 18.9. The molecule has 0 aliphatic heterocycles. The van der Waals surface area contributed by atoms with Crippen LogP contribution in [0.3, 0.4) is 0 Å². The first-order chi connectivity index (χ1) is 11.3. The highest BCUT2D eigenvalue weighted by Gasteiger charge is 2.30. The number of ether oxygens (including phenoxy) is 2. The van der Waals surface area contributed by atoms with Gasteiger partial charge in [0.2, 0.25) is 0 Å². The second kappa shape index (κ2) is 8.12. The monoisotopic (exact) mass is 353 g/mol. The standard InChI is InChI=1S/C18H27NO4S/c1-18(2,3)13-5-6-14-12(9-13)10-15(24-14)17(21)23-11-16(20)19-7-8-22-4/h10,13H,5-9,11H2,1-4H3,(H,19,20)/t13-/m1/s1. The first-order valence-corrected chi connectivity index (χ1v) is 9.17. The summed E-state index contributed by atoms with van der Waals surface area (Å²) in [6.07, 6.45) is 3.19. The Bertz CT molecular complexity index is 588. The number of rotatable bonds is 6. The van der Waals surface area contributed by atoms with Crippen molar-refractivity contribution >= 4 is 23.2 Å². The summed E-state index contributed by atoms with van der Waals surface area (Å²) in [6.45, 7) is 7.40. The van der Waals surface area contributed by atoms with Gasteiger partial charge in [0.15, 0.2) is 6.61 Å². The van der Waals surface area contributed by atoms with E-state index in [-0.39, 0.29) is 17.9 Å². The van der Waals surface area contributed by atoms with E-state index in [9.17, 15) is 9.59 Å². The lowest BCUT2D eigenvalue weighted by Gasteiger charge is -2.33. The molecule has 0 fully saturated rings. The zero-order valence-corrected chi connectivity index (χ0v) is 15.8. The van der Waals surface area contributed by atoms with Crippen LogP contribution in [0.2, 0.25) is 0 Å². The molecule has 134 valence electrons. The van der Waals surface area contributed by atoms with Gasteiger partial charge in [-0.05, 0) is 42.2 Å². The van der Waals surface area contributed by atoms with E-state index in [4.69, 9.17) is 9.47 Å². The summed E-state index contributed by atoms with van der Waals surface area (Å²) in [5.41, 5.74) is 1.54. The van der Waals surface area contributed by atoms with Crippen LogP contribution in [0.5, 0.6) is 0 Å². The lowest BCUT2D eigenvalue weighted by molar-refractivity contribution is -0.124. The third-order valence-corrected chi connectivity index (χ3v) is 5.69. The lowest BCUT2D eigenvalue weighted by atomic mass is 9.72. The number of thiophene rings is 1. The highest BCUT2D eigenvalue weighted by Crippen LogP contribution is 2.40. The van der Waals surface area contributed by atoms with Crippen LogP contribution in [0.4, 0.5) is 0 Å². The maximum absolute atomic E-state index is 12.2. The summed E-state index contributed by atoms with van der Waals surface area (Å²) in [7, 11) is 1.56. The maximum Gasteiger partial charge on any atom is 0.348 e. The summed E-state index contributed by atoms with van der Waals surface area (Å²) in [4.78, 5) is 25.6. The fourth-order valence-corrected chi connectivity index (χ4v) is 4.01. The molecule has 1 aliphatic carbocycles. The lowest BCUT2D eigenvalue weighted by Crippen LogP contribution is -2.31. The Kier molecular flexibility index (Phi) is 6.40. The molecule has 0 spiro atoms. The molecule has 0 saturated carbocycles. The second-order valence-electron chi connectivity index (χ2n) is 7.28. The van der Waals surface area contributed by atoms with E-state index in [2.05, 4.69) is 26.1 Å². The first-order valence-electron chi connectivity index (χ1n) is 8.35. The zero-order chi connectivity index (χ0) is 17.7. The number of carbonyl (C=O) groups excluding carboxylic acids is 2. The van der Waals surface area contributed by atoms with E-state index in [0.29, 0.717) is 23.9 Å². The van der Waals surface area contributed by atoms with Crippen molar-refractivity contribution in [1.82, 2.24) is 5.32 Å². The molecule has 1 aromatic heterocycles. The smallest absolute Gasteiger partial charge is 0.348 e. The van der Waals surface area contributed by atoms with Gasteiger partial charge in [0, 0.05) is 18.5 Å². The van der Waals surface area contributed by atoms with Crippen LogP contribution < -0.4 is 5.32 Å². The largest absolute Gasteiger partial charge is 0.451 e. The highest BCUT2D eigenvalue weighted by atomic mass is 32.1. The number of carbonyl (C=O) groups is 2. The summed E-state index contributed by atoms with van der Waals surface area (Å²) < 4.78 is 9.96. The Hall–Kier alpha value is -1.40. The van der Waals surface area contributed by atoms with Crippen LogP contribution >= 0.6 is 11.3 Å². The van der Waals surface area contributed by atoms with Crippen molar-refractivity contribution in [2.45, 2.75) is 40.0 Å². The number of methoxy groups -OCH3 is 1. The SMILES string of the molecule is COCCNC(=O)COC(=O)c1cc2c(s1)CC[C@@H](C(C)(C)C)C2. The molecule has 1 aliphatic rings. The van der Waals surface area contributed by atoms with Crippen LogP contribution in [0.25, 0.3) is 0 Å². The minimum absolute atomic E-state index is 0.254. The zero-order valence-electron chi connectivity index (χ0n) is 14.9. The Morgan fingerprint density at radius 1 is 1.38 bits per heavy atom. The van der Waals surface area contributed by atoms with Crippen LogP contribution in [-0.2, 0) is 27.1 Å². The van der Waals surface area contributed by atoms with Crippen molar-refractivity contribution < 1.29 is 19.1 Å². The molecule has 1 heterocycles. The number of fused-ring (bicyclic) bond motifs is 1. The molecule has 1 N–H and O–H groups in total. The van der Waals surface area contributed by atoms with Gasteiger partial charge in [0.05, 0.1) is 6.61 Å². The molecule has 6 heteroatoms. The number of esters is 1. The predicted molar refractivity (Wildman–Crippen MR) is 94.5 cm³/mol. The van der Waals surface area contributed by atoms with Gasteiger partial charge in [-0.25, -0.2) is 4.79 Å². The maximum atomic E-state index is 12.2. The average Bonchev–Trinajstić information content (AvgIpc) is 2.95. The van der Waals surface area contributed by atoms with Crippen molar-refractivity contribution in [3.05, 3.63) is 21.4 Å². The third-order valence-electron chi connectivity index (χ3n) is 4.47. The molecule has 2 rings (SSSR count). The summed E-state index contributed by atoms with van der Waals surface area (Å²) in [6, 6.07) is 1.95. The van der Waals surface area contributed by atoms with E-state index in [1.165, 1.54) is 21.8 Å². The molecule has 5 nitrogen and oxygen atoms in total. The summed E-state index contributed by atoms with van der Waals surface area (Å²) >= 11 is 1.50. The van der Waals surface area contributed by atoms with Crippen LogP contribution in [-0.4, -0.2) is 38.7 Å². The molecule has 1 atom stereocenters. The van der Waals surface area contributed by atoms with E-state index >= 15 is 0 Å². The van der Waals surface area contributed by atoms with E-state index in [1.54, 1.807) is 7.11 Å². The molecule has 0 bridgehead atoms. The topological polar surface area (TPSA) is 64.6 Å². The van der Waals surface area contributed by atoms with Gasteiger partial charge in [0.1, 0.15) is 4.88 Å². The Morgan fingerprint density at radius 3 is 2.79 bits per heavy atom. The van der Waals surface area contributed by atoms with Crippen molar-refractivity contribution in [1.29, 1.82) is 0 Å².